The molecule has 2 aromatic heterocycles. The summed E-state index contributed by atoms with van der Waals surface area (Å²) in [6.07, 6.45) is 1.56. The summed E-state index contributed by atoms with van der Waals surface area (Å²) in [5, 5.41) is 5.79. The van der Waals surface area contributed by atoms with Crippen molar-refractivity contribution < 1.29 is 18.6 Å². The molecule has 6 aromatic rings. The van der Waals surface area contributed by atoms with Gasteiger partial charge in [-0.25, -0.2) is 4.98 Å². The van der Waals surface area contributed by atoms with Gasteiger partial charge in [-0.15, -0.1) is 0 Å². The number of para-hydroxylation sites is 1. The Morgan fingerprint density at radius 2 is 1.70 bits per heavy atom. The average Bonchev–Trinajstić information content (AvgIpc) is 3.46. The van der Waals surface area contributed by atoms with E-state index in [-0.39, 0.29) is 11.4 Å². The molecule has 43 heavy (non-hydrogen) atoms. The Kier molecular flexibility index (Phi) is 8.05. The summed E-state index contributed by atoms with van der Waals surface area (Å²) in [7, 11) is 3.17. The molecule has 10 heteroatoms. The molecule has 6 rings (SSSR count). The molecule has 0 fully saturated rings. The smallest absolute Gasteiger partial charge is 0.282 e. The fourth-order valence-electron chi connectivity index (χ4n) is 4.77. The fourth-order valence-corrected chi connectivity index (χ4v) is 5.71. The van der Waals surface area contributed by atoms with Gasteiger partial charge in [0, 0.05) is 10.0 Å². The van der Waals surface area contributed by atoms with Gasteiger partial charge in [-0.05, 0) is 80.7 Å². The van der Waals surface area contributed by atoms with Crippen molar-refractivity contribution in [2.75, 3.05) is 14.2 Å². The number of nitrogens with zero attached hydrogens (tertiary/aromatic N) is 3. The first-order chi connectivity index (χ1) is 20.9. The van der Waals surface area contributed by atoms with Crippen LogP contribution in [0.1, 0.15) is 16.7 Å². The maximum atomic E-state index is 13.7. The fraction of sp³-hybridized carbons (Fsp3) is 0.121. The molecule has 0 saturated heterocycles. The molecule has 0 aliphatic heterocycles. The number of fused-ring (bicyclic) bond motifs is 2. The molecule has 0 aliphatic rings. The van der Waals surface area contributed by atoms with Crippen LogP contribution in [0, 0.1) is 6.92 Å². The summed E-state index contributed by atoms with van der Waals surface area (Å²) in [5.74, 6) is 2.30. The van der Waals surface area contributed by atoms with Gasteiger partial charge in [0.05, 0.1) is 41.2 Å². The molecular formula is C33H25Br2N3O5. The van der Waals surface area contributed by atoms with Gasteiger partial charge in [-0.1, -0.05) is 48.0 Å². The maximum absolute atomic E-state index is 13.7. The molecule has 0 unspecified atom stereocenters. The third-order valence-electron chi connectivity index (χ3n) is 6.87. The van der Waals surface area contributed by atoms with Crippen LogP contribution in [0.25, 0.3) is 33.5 Å². The molecule has 0 atom stereocenters. The summed E-state index contributed by atoms with van der Waals surface area (Å²) in [6, 6.07) is 24.3. The molecule has 0 spiro atoms. The lowest BCUT2D eigenvalue weighted by Crippen LogP contribution is -2.20. The monoisotopic (exact) mass is 701 g/mol. The number of benzene rings is 4. The van der Waals surface area contributed by atoms with Gasteiger partial charge in [0.1, 0.15) is 17.9 Å². The van der Waals surface area contributed by atoms with Crippen LogP contribution in [-0.2, 0) is 6.61 Å². The standard InChI is InChI=1S/C33H25Br2N3O5/c1-19-8-6-9-20(14-19)18-42-31-27(41-3)15-21(29(34)30(31)35)17-36-38-32(37-24-11-5-4-10-22(24)33(38)39)28-16-23-25(40-2)12-7-13-26(23)43-28/h4-17H,18H2,1-3H3. The molecule has 0 bridgehead atoms. The van der Waals surface area contributed by atoms with Crippen LogP contribution in [0.3, 0.4) is 0 Å². The van der Waals surface area contributed by atoms with Gasteiger partial charge in [-0.2, -0.15) is 9.78 Å². The number of halogens is 2. The zero-order valence-electron chi connectivity index (χ0n) is 23.4. The normalized spacial score (nSPS) is 11.5. The van der Waals surface area contributed by atoms with Crippen molar-refractivity contribution in [3.8, 4) is 28.8 Å². The van der Waals surface area contributed by atoms with Crippen molar-refractivity contribution in [1.29, 1.82) is 0 Å². The van der Waals surface area contributed by atoms with Crippen molar-refractivity contribution in [1.82, 2.24) is 9.66 Å². The van der Waals surface area contributed by atoms with Crippen molar-refractivity contribution in [2.24, 2.45) is 5.10 Å². The summed E-state index contributed by atoms with van der Waals surface area (Å²) < 4.78 is 26.0. The van der Waals surface area contributed by atoms with Gasteiger partial charge in [0.2, 0.25) is 5.82 Å². The third kappa shape index (κ3) is 5.55. The van der Waals surface area contributed by atoms with Gasteiger partial charge in [0.15, 0.2) is 17.3 Å². The average molecular weight is 703 g/mol. The van der Waals surface area contributed by atoms with Crippen LogP contribution in [0.15, 0.2) is 102 Å². The van der Waals surface area contributed by atoms with Gasteiger partial charge < -0.3 is 18.6 Å². The predicted molar refractivity (Wildman–Crippen MR) is 175 cm³/mol. The Morgan fingerprint density at radius 1 is 0.907 bits per heavy atom. The molecule has 0 amide bonds. The van der Waals surface area contributed by atoms with E-state index >= 15 is 0 Å². The highest BCUT2D eigenvalue weighted by Gasteiger charge is 2.20. The van der Waals surface area contributed by atoms with Crippen molar-refractivity contribution in [3.63, 3.8) is 0 Å². The van der Waals surface area contributed by atoms with E-state index in [9.17, 15) is 4.79 Å². The van der Waals surface area contributed by atoms with E-state index in [0.717, 1.165) is 16.5 Å². The molecule has 2 heterocycles. The van der Waals surface area contributed by atoms with Crippen LogP contribution in [0.5, 0.6) is 17.2 Å². The van der Waals surface area contributed by atoms with Gasteiger partial charge in [0.25, 0.3) is 5.56 Å². The molecule has 0 N–H and O–H groups in total. The Balaban J connectivity index is 1.44. The topological polar surface area (TPSA) is 88.1 Å². The summed E-state index contributed by atoms with van der Waals surface area (Å²) in [5.41, 5.74) is 3.62. The summed E-state index contributed by atoms with van der Waals surface area (Å²) in [4.78, 5) is 18.5. The Bertz CT molecular complexity index is 2080. The highest BCUT2D eigenvalue weighted by Crippen LogP contribution is 2.43. The molecule has 0 aliphatic carbocycles. The lowest BCUT2D eigenvalue weighted by molar-refractivity contribution is 0.282. The Hall–Kier alpha value is -4.41. The largest absolute Gasteiger partial charge is 0.496 e. The number of aromatic nitrogens is 2. The molecule has 4 aromatic carbocycles. The number of hydrogen-bond donors (Lipinski definition) is 0. The first-order valence-electron chi connectivity index (χ1n) is 13.3. The number of ether oxygens (including phenoxy) is 3. The van der Waals surface area contributed by atoms with E-state index in [0.29, 0.717) is 60.6 Å². The summed E-state index contributed by atoms with van der Waals surface area (Å²) >= 11 is 7.30. The number of rotatable bonds is 8. The number of methoxy groups -OCH3 is 2. The minimum Gasteiger partial charge on any atom is -0.496 e. The number of furan rings is 1. The summed E-state index contributed by atoms with van der Waals surface area (Å²) in [6.45, 7) is 2.40. The first kappa shape index (κ1) is 28.7. The maximum Gasteiger partial charge on any atom is 0.282 e. The molecular weight excluding hydrogens is 678 g/mol. The first-order valence-corrected chi connectivity index (χ1v) is 14.8. The van der Waals surface area contributed by atoms with Crippen LogP contribution in [-0.4, -0.2) is 30.1 Å². The van der Waals surface area contributed by atoms with Crippen molar-refractivity contribution in [2.45, 2.75) is 13.5 Å². The van der Waals surface area contributed by atoms with E-state index in [4.69, 9.17) is 23.6 Å². The lowest BCUT2D eigenvalue weighted by Gasteiger charge is -2.15. The second-order valence-electron chi connectivity index (χ2n) is 9.70. The molecule has 8 nitrogen and oxygen atoms in total. The Morgan fingerprint density at radius 3 is 2.49 bits per heavy atom. The quantitative estimate of drug-likeness (QED) is 0.149. The van der Waals surface area contributed by atoms with Gasteiger partial charge >= 0.3 is 0 Å². The second-order valence-corrected chi connectivity index (χ2v) is 11.3. The highest BCUT2D eigenvalue weighted by atomic mass is 79.9. The predicted octanol–water partition coefficient (Wildman–Crippen LogP) is 8.12. The zero-order valence-corrected chi connectivity index (χ0v) is 26.6. The van der Waals surface area contributed by atoms with Gasteiger partial charge in [-0.3, -0.25) is 4.79 Å². The van der Waals surface area contributed by atoms with Crippen LogP contribution in [0.2, 0.25) is 0 Å². The van der Waals surface area contributed by atoms with E-state index in [1.54, 1.807) is 50.8 Å². The second kappa shape index (κ2) is 12.1. The van der Waals surface area contributed by atoms with Crippen LogP contribution in [0.4, 0.5) is 0 Å². The molecule has 216 valence electrons. The van der Waals surface area contributed by atoms with Crippen molar-refractivity contribution >= 4 is 59.9 Å². The van der Waals surface area contributed by atoms with E-state index < -0.39 is 0 Å². The van der Waals surface area contributed by atoms with E-state index in [1.165, 1.54) is 4.68 Å². The zero-order chi connectivity index (χ0) is 30.1. The van der Waals surface area contributed by atoms with E-state index in [2.05, 4.69) is 43.0 Å². The Labute approximate surface area is 263 Å². The molecule has 0 radical (unpaired) electrons. The SMILES string of the molecule is COc1cc(C=Nn2c(-c3cc4c(OC)cccc4o3)nc3ccccc3c2=O)c(Br)c(Br)c1OCc1cccc(C)c1. The number of aryl methyl sites for hydroxylation is 1. The van der Waals surface area contributed by atoms with Crippen LogP contribution < -0.4 is 19.8 Å². The minimum absolute atomic E-state index is 0.249. The number of hydrogen-bond acceptors (Lipinski definition) is 7. The third-order valence-corrected chi connectivity index (χ3v) is 9.01. The van der Waals surface area contributed by atoms with Crippen LogP contribution >= 0.6 is 31.9 Å². The molecule has 0 saturated carbocycles. The van der Waals surface area contributed by atoms with E-state index in [1.807, 2.05) is 49.4 Å². The van der Waals surface area contributed by atoms with Crippen molar-refractivity contribution in [3.05, 3.63) is 115 Å². The minimum atomic E-state index is -0.343. The highest BCUT2D eigenvalue weighted by molar-refractivity contribution is 9.13. The lowest BCUT2D eigenvalue weighted by atomic mass is 10.1.